The standard InChI is InChI=1S/C23H25FN8O2/c1-10(33)20-27-7-14(8-28-20)34-23-30-21-18(15-4-12(24)5-17(26-2)19(15)29-21)22(31-23)32-9-11-3-13(32)6-16(11)25/h4-5,7-8,10-11,13,16,26,33H,3,6,9,25H2,1-2H3,(H,29,30,31)/t10?,11-,13?,16-/m1/s1. The number of nitrogens with two attached hydrogens (primary N) is 1. The van der Waals surface area contributed by atoms with Crippen LogP contribution < -0.4 is 20.7 Å². The maximum absolute atomic E-state index is 14.5. The van der Waals surface area contributed by atoms with E-state index >= 15 is 0 Å². The molecule has 2 unspecified atom stereocenters. The molecular weight excluding hydrogens is 439 g/mol. The summed E-state index contributed by atoms with van der Waals surface area (Å²) < 4.78 is 20.4. The molecule has 176 valence electrons. The van der Waals surface area contributed by atoms with Crippen molar-refractivity contribution in [2.24, 2.45) is 11.7 Å². The van der Waals surface area contributed by atoms with Crippen LogP contribution in [0.15, 0.2) is 24.5 Å². The van der Waals surface area contributed by atoms with Crippen LogP contribution in [0.25, 0.3) is 21.9 Å². The molecule has 5 N–H and O–H groups in total. The summed E-state index contributed by atoms with van der Waals surface area (Å²) in [6.07, 6.45) is 4.06. The molecule has 10 nitrogen and oxygen atoms in total. The highest BCUT2D eigenvalue weighted by atomic mass is 19.1. The largest absolute Gasteiger partial charge is 0.421 e. The molecule has 11 heteroatoms. The van der Waals surface area contributed by atoms with Crippen LogP contribution in [0.5, 0.6) is 11.8 Å². The number of aromatic nitrogens is 5. The number of rotatable bonds is 5. The monoisotopic (exact) mass is 464 g/mol. The van der Waals surface area contributed by atoms with Crippen molar-refractivity contribution < 1.29 is 14.2 Å². The number of ether oxygens (including phenoxy) is 1. The van der Waals surface area contributed by atoms with Crippen LogP contribution in [0.3, 0.4) is 0 Å². The number of aliphatic hydroxyl groups is 1. The zero-order valence-electron chi connectivity index (χ0n) is 18.8. The Kier molecular flexibility index (Phi) is 4.78. The zero-order chi connectivity index (χ0) is 23.6. The first-order chi connectivity index (χ1) is 16.4. The number of H-pyrrole nitrogens is 1. The Balaban J connectivity index is 1.50. The molecule has 2 bridgehead atoms. The van der Waals surface area contributed by atoms with Crippen LogP contribution in [-0.2, 0) is 0 Å². The van der Waals surface area contributed by atoms with Crippen molar-refractivity contribution in [2.45, 2.75) is 38.0 Å². The topological polar surface area (TPSA) is 138 Å². The number of fused-ring (bicyclic) bond motifs is 5. The Morgan fingerprint density at radius 1 is 1.26 bits per heavy atom. The van der Waals surface area contributed by atoms with Crippen molar-refractivity contribution in [2.75, 3.05) is 23.8 Å². The van der Waals surface area contributed by atoms with Gasteiger partial charge < -0.3 is 30.8 Å². The van der Waals surface area contributed by atoms with Crippen LogP contribution in [0.1, 0.15) is 31.7 Å². The van der Waals surface area contributed by atoms with Crippen molar-refractivity contribution in [1.82, 2.24) is 24.9 Å². The number of aromatic amines is 1. The van der Waals surface area contributed by atoms with E-state index in [9.17, 15) is 9.50 Å². The van der Waals surface area contributed by atoms with Crippen molar-refractivity contribution >= 4 is 33.4 Å². The number of benzene rings is 1. The second-order valence-corrected chi connectivity index (χ2v) is 9.06. The molecule has 4 aromatic rings. The zero-order valence-corrected chi connectivity index (χ0v) is 18.8. The Bertz CT molecular complexity index is 1390. The normalized spacial score (nSPS) is 22.6. The lowest BCUT2D eigenvalue weighted by atomic mass is 10.0. The van der Waals surface area contributed by atoms with Crippen molar-refractivity contribution in [3.63, 3.8) is 0 Å². The summed E-state index contributed by atoms with van der Waals surface area (Å²) in [5.41, 5.74) is 8.21. The molecule has 2 aliphatic rings. The SMILES string of the molecule is CNc1cc(F)cc2c1[nH]c1nc(Oc3cnc(C(C)O)nc3)nc(N3C[C@H]4CC3C[C@H]4N)c12. The van der Waals surface area contributed by atoms with Crippen molar-refractivity contribution in [3.05, 3.63) is 36.2 Å². The first kappa shape index (κ1) is 21.0. The van der Waals surface area contributed by atoms with Crippen LogP contribution >= 0.6 is 0 Å². The minimum atomic E-state index is -0.779. The number of nitrogens with one attached hydrogen (secondary N) is 2. The summed E-state index contributed by atoms with van der Waals surface area (Å²) in [6.45, 7) is 2.37. The molecule has 0 amide bonds. The highest BCUT2D eigenvalue weighted by molar-refractivity contribution is 6.14. The Morgan fingerprint density at radius 3 is 2.71 bits per heavy atom. The summed E-state index contributed by atoms with van der Waals surface area (Å²) >= 11 is 0. The summed E-state index contributed by atoms with van der Waals surface area (Å²) in [7, 11) is 1.75. The van der Waals surface area contributed by atoms with Gasteiger partial charge in [-0.3, -0.25) is 0 Å². The number of piperidine rings is 1. The quantitative estimate of drug-likeness (QED) is 0.351. The summed E-state index contributed by atoms with van der Waals surface area (Å²) in [4.78, 5) is 23.2. The number of hydrogen-bond donors (Lipinski definition) is 4. The van der Waals surface area contributed by atoms with E-state index in [2.05, 4.69) is 30.2 Å². The third kappa shape index (κ3) is 3.31. The predicted octanol–water partition coefficient (Wildman–Crippen LogP) is 2.85. The van der Waals surface area contributed by atoms with Gasteiger partial charge in [-0.2, -0.15) is 9.97 Å². The molecule has 4 heterocycles. The molecule has 1 aliphatic heterocycles. The van der Waals surface area contributed by atoms with Gasteiger partial charge in [0.15, 0.2) is 11.6 Å². The molecule has 34 heavy (non-hydrogen) atoms. The van der Waals surface area contributed by atoms with E-state index in [-0.39, 0.29) is 23.9 Å². The number of halogens is 1. The van der Waals surface area contributed by atoms with Gasteiger partial charge in [0.2, 0.25) is 0 Å². The summed E-state index contributed by atoms with van der Waals surface area (Å²) in [5, 5.41) is 14.1. The van der Waals surface area contributed by atoms with Crippen molar-refractivity contribution in [1.29, 1.82) is 0 Å². The lowest BCUT2D eigenvalue weighted by Gasteiger charge is -2.31. The first-order valence-electron chi connectivity index (χ1n) is 11.3. The molecule has 1 saturated heterocycles. The van der Waals surface area contributed by atoms with Crippen LogP contribution in [0.4, 0.5) is 15.9 Å². The molecule has 6 rings (SSSR count). The van der Waals surface area contributed by atoms with E-state index in [1.807, 2.05) is 0 Å². The average Bonchev–Trinajstić information content (AvgIpc) is 3.50. The van der Waals surface area contributed by atoms with E-state index in [1.54, 1.807) is 14.0 Å². The molecular formula is C23H25FN8O2. The van der Waals surface area contributed by atoms with E-state index in [4.69, 9.17) is 15.5 Å². The van der Waals surface area contributed by atoms with Gasteiger partial charge in [0.25, 0.3) is 0 Å². The number of aliphatic hydroxyl groups excluding tert-OH is 1. The fourth-order valence-corrected chi connectivity index (χ4v) is 5.23. The summed E-state index contributed by atoms with van der Waals surface area (Å²) in [6, 6.07) is 3.53. The number of hydrogen-bond acceptors (Lipinski definition) is 9. The molecule has 3 aromatic heterocycles. The lowest BCUT2D eigenvalue weighted by Crippen LogP contribution is -2.41. The fraction of sp³-hybridized carbons (Fsp3) is 0.391. The second kappa shape index (κ2) is 7.74. The predicted molar refractivity (Wildman–Crippen MR) is 125 cm³/mol. The highest BCUT2D eigenvalue weighted by Gasteiger charge is 2.44. The van der Waals surface area contributed by atoms with Gasteiger partial charge >= 0.3 is 6.01 Å². The minimum absolute atomic E-state index is 0.126. The van der Waals surface area contributed by atoms with Gasteiger partial charge in [-0.1, -0.05) is 0 Å². The van der Waals surface area contributed by atoms with Crippen molar-refractivity contribution in [3.8, 4) is 11.8 Å². The van der Waals surface area contributed by atoms with Crippen LogP contribution in [0, 0.1) is 11.7 Å². The van der Waals surface area contributed by atoms with Crippen LogP contribution in [0.2, 0.25) is 0 Å². The van der Waals surface area contributed by atoms with Gasteiger partial charge in [0, 0.05) is 31.1 Å². The molecule has 0 radical (unpaired) electrons. The van der Waals surface area contributed by atoms with Gasteiger partial charge in [0.05, 0.1) is 29.0 Å². The van der Waals surface area contributed by atoms with Gasteiger partial charge in [0.1, 0.15) is 23.4 Å². The molecule has 1 aliphatic carbocycles. The third-order valence-corrected chi connectivity index (χ3v) is 6.85. The summed E-state index contributed by atoms with van der Waals surface area (Å²) in [5.74, 6) is 1.39. The fourth-order valence-electron chi connectivity index (χ4n) is 5.23. The van der Waals surface area contributed by atoms with E-state index in [0.29, 0.717) is 40.0 Å². The molecule has 1 saturated carbocycles. The number of nitrogens with zero attached hydrogens (tertiary/aromatic N) is 5. The first-order valence-corrected chi connectivity index (χ1v) is 11.3. The smallest absolute Gasteiger partial charge is 0.326 e. The van der Waals surface area contributed by atoms with Gasteiger partial charge in [-0.15, -0.1) is 0 Å². The lowest BCUT2D eigenvalue weighted by molar-refractivity contribution is 0.188. The number of anilines is 2. The average molecular weight is 465 g/mol. The highest BCUT2D eigenvalue weighted by Crippen LogP contribution is 2.44. The minimum Gasteiger partial charge on any atom is -0.421 e. The molecule has 1 aromatic carbocycles. The van der Waals surface area contributed by atoms with Gasteiger partial charge in [-0.05, 0) is 37.8 Å². The molecule has 4 atom stereocenters. The Morgan fingerprint density at radius 2 is 2.06 bits per heavy atom. The van der Waals surface area contributed by atoms with E-state index in [1.165, 1.54) is 24.5 Å². The molecule has 0 spiro atoms. The van der Waals surface area contributed by atoms with E-state index < -0.39 is 6.10 Å². The Hall–Kier alpha value is -3.57. The Labute approximate surface area is 194 Å². The van der Waals surface area contributed by atoms with E-state index in [0.717, 1.165) is 30.3 Å². The maximum Gasteiger partial charge on any atom is 0.326 e. The van der Waals surface area contributed by atoms with Gasteiger partial charge in [-0.25, -0.2) is 14.4 Å². The molecule has 2 fully saturated rings. The maximum atomic E-state index is 14.5. The second-order valence-electron chi connectivity index (χ2n) is 9.06. The van der Waals surface area contributed by atoms with Crippen LogP contribution in [-0.4, -0.2) is 55.7 Å². The third-order valence-electron chi connectivity index (χ3n) is 6.85.